The van der Waals surface area contributed by atoms with Gasteiger partial charge in [0.2, 0.25) is 0 Å². The van der Waals surface area contributed by atoms with E-state index in [1.807, 2.05) is 6.92 Å². The summed E-state index contributed by atoms with van der Waals surface area (Å²) in [5.74, 6) is 0. The summed E-state index contributed by atoms with van der Waals surface area (Å²) in [5.41, 5.74) is 5.48. The van der Waals surface area contributed by atoms with Gasteiger partial charge in [0.05, 0.1) is 0 Å². The van der Waals surface area contributed by atoms with E-state index in [9.17, 15) is 0 Å². The first-order valence-corrected chi connectivity index (χ1v) is 5.26. The van der Waals surface area contributed by atoms with Gasteiger partial charge in [-0.05, 0) is 29.0 Å². The average molecular weight is 209 g/mol. The van der Waals surface area contributed by atoms with Crippen molar-refractivity contribution in [3.8, 4) is 0 Å². The Morgan fingerprint density at radius 2 is 1.64 bits per heavy atom. The minimum atomic E-state index is 0.219. The van der Waals surface area contributed by atoms with Crippen molar-refractivity contribution >= 4 is 17.2 Å². The Bertz CT molecular complexity index is 325. The van der Waals surface area contributed by atoms with E-state index in [1.54, 1.807) is 5.54 Å². The molecule has 1 heteroatoms. The quantitative estimate of drug-likeness (QED) is 0.634. The molecule has 0 nitrogen and oxygen atoms in total. The molecule has 0 bridgehead atoms. The molecule has 1 aromatic rings. The van der Waals surface area contributed by atoms with Crippen molar-refractivity contribution < 1.29 is 0 Å². The van der Waals surface area contributed by atoms with Crippen LogP contribution in [0.1, 0.15) is 38.8 Å². The topological polar surface area (TPSA) is 0 Å². The van der Waals surface area contributed by atoms with Crippen molar-refractivity contribution in [2.45, 2.75) is 33.1 Å². The molecule has 0 N–H and O–H groups in total. The van der Waals surface area contributed by atoms with Gasteiger partial charge in [-0.15, -0.1) is 0 Å². The maximum atomic E-state index is 5.65. The minimum Gasteiger partial charge on any atom is -0.0926 e. The zero-order valence-corrected chi connectivity index (χ0v) is 10.0. The van der Waals surface area contributed by atoms with E-state index in [2.05, 4.69) is 45.0 Å². The molecule has 0 aliphatic heterocycles. The lowest BCUT2D eigenvalue weighted by Gasteiger charge is -2.19. The molecule has 0 saturated heterocycles. The molecule has 76 valence electrons. The fraction of sp³-hybridized carbons (Fsp3) is 0.385. The summed E-state index contributed by atoms with van der Waals surface area (Å²) in [6, 6.07) is 8.57. The van der Waals surface area contributed by atoms with Gasteiger partial charge in [-0.3, -0.25) is 0 Å². The molecule has 0 amide bonds. The van der Waals surface area contributed by atoms with E-state index in [0.29, 0.717) is 0 Å². The van der Waals surface area contributed by atoms with Crippen LogP contribution in [0.15, 0.2) is 29.8 Å². The Labute approximate surface area is 91.6 Å². The first kappa shape index (κ1) is 11.3. The summed E-state index contributed by atoms with van der Waals surface area (Å²) < 4.78 is 0. The Balaban J connectivity index is 3.01. The summed E-state index contributed by atoms with van der Waals surface area (Å²) in [6.45, 7) is 8.66. The van der Waals surface area contributed by atoms with Gasteiger partial charge in [-0.25, -0.2) is 0 Å². The molecule has 0 heterocycles. The van der Waals surface area contributed by atoms with Crippen molar-refractivity contribution in [1.29, 1.82) is 0 Å². The molecule has 0 saturated carbocycles. The Kier molecular flexibility index (Phi) is 3.38. The number of benzene rings is 1. The second kappa shape index (κ2) is 4.18. The third kappa shape index (κ3) is 2.62. The second-order valence-corrected chi connectivity index (χ2v) is 4.84. The van der Waals surface area contributed by atoms with Crippen molar-refractivity contribution in [2.75, 3.05) is 0 Å². The summed E-state index contributed by atoms with van der Waals surface area (Å²) in [6.07, 6.45) is 0. The van der Waals surface area contributed by atoms with Crippen LogP contribution in [-0.2, 0) is 5.41 Å². The highest BCUT2D eigenvalue weighted by atomic mass is 35.5. The van der Waals surface area contributed by atoms with Crippen LogP contribution in [0, 0.1) is 0 Å². The first-order chi connectivity index (χ1) is 6.45. The highest BCUT2D eigenvalue weighted by Crippen LogP contribution is 2.24. The summed E-state index contributed by atoms with van der Waals surface area (Å²) in [5, 5.41) is 0. The molecule has 0 aromatic heterocycles. The molecular weight excluding hydrogens is 192 g/mol. The number of hydrogen-bond acceptors (Lipinski definition) is 0. The van der Waals surface area contributed by atoms with Gasteiger partial charge in [-0.2, -0.15) is 0 Å². The molecule has 0 aliphatic rings. The molecule has 0 unspecified atom stereocenters. The van der Waals surface area contributed by atoms with Gasteiger partial charge in [0.15, 0.2) is 0 Å². The van der Waals surface area contributed by atoms with Crippen LogP contribution in [0.3, 0.4) is 0 Å². The lowest BCUT2D eigenvalue weighted by Crippen LogP contribution is -2.10. The molecule has 0 spiro atoms. The fourth-order valence-corrected chi connectivity index (χ4v) is 1.42. The third-order valence-corrected chi connectivity index (χ3v) is 2.70. The molecule has 0 fully saturated rings. The maximum absolute atomic E-state index is 5.65. The third-order valence-electron chi connectivity index (χ3n) is 2.37. The van der Waals surface area contributed by atoms with E-state index >= 15 is 0 Å². The molecule has 0 atom stereocenters. The highest BCUT2D eigenvalue weighted by Gasteiger charge is 2.12. The monoisotopic (exact) mass is 208 g/mol. The van der Waals surface area contributed by atoms with Gasteiger partial charge >= 0.3 is 0 Å². The van der Waals surface area contributed by atoms with E-state index in [1.165, 1.54) is 11.1 Å². The standard InChI is InChI=1S/C13H17Cl/c1-10(9-14)11-5-7-12(8-6-11)13(2,3)4/h5-9H,1-4H3. The summed E-state index contributed by atoms with van der Waals surface area (Å²) in [4.78, 5) is 0. The van der Waals surface area contributed by atoms with Crippen LogP contribution in [0.4, 0.5) is 0 Å². The normalized spacial score (nSPS) is 13.1. The van der Waals surface area contributed by atoms with Gasteiger partial charge in [0.1, 0.15) is 0 Å². The molecular formula is C13H17Cl. The molecule has 1 rings (SSSR count). The Hall–Kier alpha value is -0.750. The summed E-state index contributed by atoms with van der Waals surface area (Å²) >= 11 is 5.65. The maximum Gasteiger partial charge on any atom is 0.00777 e. The van der Waals surface area contributed by atoms with Crippen LogP contribution < -0.4 is 0 Å². The van der Waals surface area contributed by atoms with E-state index < -0.39 is 0 Å². The van der Waals surface area contributed by atoms with Gasteiger partial charge in [-0.1, -0.05) is 56.6 Å². The number of halogens is 1. The highest BCUT2D eigenvalue weighted by molar-refractivity contribution is 6.28. The second-order valence-electron chi connectivity index (χ2n) is 4.62. The Morgan fingerprint density at radius 1 is 1.14 bits per heavy atom. The SMILES string of the molecule is CC(=CCl)c1ccc(C(C)(C)C)cc1. The molecule has 1 aromatic carbocycles. The van der Waals surface area contributed by atoms with Crippen molar-refractivity contribution in [3.63, 3.8) is 0 Å². The van der Waals surface area contributed by atoms with Crippen LogP contribution in [0.5, 0.6) is 0 Å². The molecule has 14 heavy (non-hydrogen) atoms. The largest absolute Gasteiger partial charge is 0.0926 e. The minimum absolute atomic E-state index is 0.219. The number of rotatable bonds is 1. The van der Waals surface area contributed by atoms with Gasteiger partial charge in [0, 0.05) is 5.54 Å². The lowest BCUT2D eigenvalue weighted by molar-refractivity contribution is 0.590. The lowest BCUT2D eigenvalue weighted by atomic mass is 9.86. The number of hydrogen-bond donors (Lipinski definition) is 0. The van der Waals surface area contributed by atoms with E-state index in [4.69, 9.17) is 11.6 Å². The summed E-state index contributed by atoms with van der Waals surface area (Å²) in [7, 11) is 0. The van der Waals surface area contributed by atoms with Gasteiger partial charge < -0.3 is 0 Å². The van der Waals surface area contributed by atoms with Crippen LogP contribution in [0.2, 0.25) is 0 Å². The fourth-order valence-electron chi connectivity index (χ4n) is 1.30. The first-order valence-electron chi connectivity index (χ1n) is 4.83. The van der Waals surface area contributed by atoms with Crippen molar-refractivity contribution in [3.05, 3.63) is 40.9 Å². The number of allylic oxidation sites excluding steroid dienone is 1. The van der Waals surface area contributed by atoms with Crippen LogP contribution in [-0.4, -0.2) is 0 Å². The van der Waals surface area contributed by atoms with Gasteiger partial charge in [0.25, 0.3) is 0 Å². The van der Waals surface area contributed by atoms with E-state index in [0.717, 1.165) is 5.57 Å². The molecule has 0 aliphatic carbocycles. The van der Waals surface area contributed by atoms with Crippen LogP contribution in [0.25, 0.3) is 5.57 Å². The van der Waals surface area contributed by atoms with Crippen LogP contribution >= 0.6 is 11.6 Å². The van der Waals surface area contributed by atoms with E-state index in [-0.39, 0.29) is 5.41 Å². The predicted molar refractivity (Wildman–Crippen MR) is 64.6 cm³/mol. The Morgan fingerprint density at radius 3 is 2.00 bits per heavy atom. The van der Waals surface area contributed by atoms with Crippen molar-refractivity contribution in [2.24, 2.45) is 0 Å². The predicted octanol–water partition coefficient (Wildman–Crippen LogP) is 4.58. The van der Waals surface area contributed by atoms with Crippen molar-refractivity contribution in [1.82, 2.24) is 0 Å². The smallest absolute Gasteiger partial charge is 0.00777 e. The average Bonchev–Trinajstić information content (AvgIpc) is 2.15. The zero-order valence-electron chi connectivity index (χ0n) is 9.26. The zero-order chi connectivity index (χ0) is 10.8. The molecule has 0 radical (unpaired) electrons.